The molecule has 21 heavy (non-hydrogen) atoms. The van der Waals surface area contributed by atoms with Crippen molar-refractivity contribution < 1.29 is 13.2 Å². The van der Waals surface area contributed by atoms with Crippen LogP contribution < -0.4 is 4.72 Å². The van der Waals surface area contributed by atoms with Crippen molar-refractivity contribution >= 4 is 21.4 Å². The standard InChI is InChI=1S/C15H17NO3S2/c1-19-15(9-12-5-2-3-6-13(12)10-15)11-16-21(17,18)14-7-4-8-20-14/h2-8,16H,9-11H2,1H3. The van der Waals surface area contributed by atoms with E-state index in [9.17, 15) is 8.42 Å². The maximum atomic E-state index is 12.2. The fraction of sp³-hybridized carbons (Fsp3) is 0.333. The van der Waals surface area contributed by atoms with Gasteiger partial charge in [0.1, 0.15) is 4.21 Å². The van der Waals surface area contributed by atoms with Crippen LogP contribution in [-0.4, -0.2) is 27.7 Å². The Labute approximate surface area is 128 Å². The summed E-state index contributed by atoms with van der Waals surface area (Å²) in [6, 6.07) is 11.5. The molecule has 1 aromatic carbocycles. The molecule has 1 aliphatic carbocycles. The maximum absolute atomic E-state index is 12.2. The van der Waals surface area contributed by atoms with Crippen LogP contribution in [0, 0.1) is 0 Å². The van der Waals surface area contributed by atoms with E-state index >= 15 is 0 Å². The van der Waals surface area contributed by atoms with Crippen LogP contribution in [0.1, 0.15) is 11.1 Å². The van der Waals surface area contributed by atoms with Gasteiger partial charge in [0.25, 0.3) is 0 Å². The van der Waals surface area contributed by atoms with Crippen molar-refractivity contribution in [3.63, 3.8) is 0 Å². The first-order valence-corrected chi connectivity index (χ1v) is 9.06. The van der Waals surface area contributed by atoms with Crippen LogP contribution in [0.5, 0.6) is 0 Å². The molecule has 0 unspecified atom stereocenters. The third-order valence-corrected chi connectivity index (χ3v) is 6.72. The quantitative estimate of drug-likeness (QED) is 0.918. The van der Waals surface area contributed by atoms with Crippen molar-refractivity contribution in [3.8, 4) is 0 Å². The molecular formula is C15H17NO3S2. The number of ether oxygens (including phenoxy) is 1. The molecule has 1 aliphatic rings. The van der Waals surface area contributed by atoms with Crippen molar-refractivity contribution in [3.05, 3.63) is 52.9 Å². The summed E-state index contributed by atoms with van der Waals surface area (Å²) in [5, 5.41) is 1.76. The maximum Gasteiger partial charge on any atom is 0.250 e. The molecule has 0 aliphatic heterocycles. The summed E-state index contributed by atoms with van der Waals surface area (Å²) in [4.78, 5) is 0. The zero-order valence-corrected chi connectivity index (χ0v) is 13.3. The first-order valence-electron chi connectivity index (χ1n) is 6.70. The molecule has 0 bridgehead atoms. The highest BCUT2D eigenvalue weighted by molar-refractivity contribution is 7.91. The van der Waals surface area contributed by atoms with Crippen molar-refractivity contribution in [2.75, 3.05) is 13.7 Å². The SMILES string of the molecule is COC1(CNS(=O)(=O)c2cccs2)Cc2ccccc2C1. The van der Waals surface area contributed by atoms with Crippen LogP contribution in [-0.2, 0) is 27.6 Å². The molecule has 4 nitrogen and oxygen atoms in total. The number of hydrogen-bond donors (Lipinski definition) is 1. The van der Waals surface area contributed by atoms with Crippen molar-refractivity contribution in [1.29, 1.82) is 0 Å². The van der Waals surface area contributed by atoms with E-state index in [-0.39, 0.29) is 6.54 Å². The Balaban J connectivity index is 1.76. The fourth-order valence-corrected chi connectivity index (χ4v) is 4.87. The smallest absolute Gasteiger partial charge is 0.250 e. The van der Waals surface area contributed by atoms with Crippen LogP contribution in [0.3, 0.4) is 0 Å². The monoisotopic (exact) mass is 323 g/mol. The minimum atomic E-state index is -3.45. The van der Waals surface area contributed by atoms with Crippen molar-refractivity contribution in [2.24, 2.45) is 0 Å². The number of nitrogens with one attached hydrogen (secondary N) is 1. The van der Waals surface area contributed by atoms with Crippen LogP contribution >= 0.6 is 11.3 Å². The predicted octanol–water partition coefficient (Wildman–Crippen LogP) is 2.21. The average molecular weight is 323 g/mol. The molecule has 0 radical (unpaired) electrons. The summed E-state index contributed by atoms with van der Waals surface area (Å²) < 4.78 is 33.1. The molecule has 0 fully saturated rings. The highest BCUT2D eigenvalue weighted by Crippen LogP contribution is 2.32. The van der Waals surface area contributed by atoms with E-state index in [0.29, 0.717) is 4.21 Å². The summed E-state index contributed by atoms with van der Waals surface area (Å²) in [5.74, 6) is 0. The van der Waals surface area contributed by atoms with Gasteiger partial charge in [0.15, 0.2) is 0 Å². The molecular weight excluding hydrogens is 306 g/mol. The summed E-state index contributed by atoms with van der Waals surface area (Å²) >= 11 is 1.21. The topological polar surface area (TPSA) is 55.4 Å². The Bertz CT molecular complexity index is 698. The number of methoxy groups -OCH3 is 1. The van der Waals surface area contributed by atoms with Gasteiger partial charge in [0.05, 0.1) is 5.60 Å². The van der Waals surface area contributed by atoms with Gasteiger partial charge < -0.3 is 4.74 Å². The molecule has 6 heteroatoms. The van der Waals surface area contributed by atoms with Gasteiger partial charge in [0, 0.05) is 26.5 Å². The summed E-state index contributed by atoms with van der Waals surface area (Å²) in [6.45, 7) is 0.276. The van der Waals surface area contributed by atoms with Gasteiger partial charge in [-0.05, 0) is 22.6 Å². The lowest BCUT2D eigenvalue weighted by Gasteiger charge is -2.27. The third kappa shape index (κ3) is 2.89. The molecule has 3 rings (SSSR count). The highest BCUT2D eigenvalue weighted by atomic mass is 32.2. The second-order valence-corrected chi connectivity index (χ2v) is 8.21. The largest absolute Gasteiger partial charge is 0.376 e. The van der Waals surface area contributed by atoms with Crippen molar-refractivity contribution in [2.45, 2.75) is 22.7 Å². The molecule has 112 valence electrons. The van der Waals surface area contributed by atoms with E-state index in [1.807, 2.05) is 12.1 Å². The minimum absolute atomic E-state index is 0.276. The zero-order chi connectivity index (χ0) is 14.9. The van der Waals surface area contributed by atoms with Crippen LogP contribution in [0.2, 0.25) is 0 Å². The van der Waals surface area contributed by atoms with Gasteiger partial charge in [-0.25, -0.2) is 13.1 Å². The lowest BCUT2D eigenvalue weighted by Crippen LogP contribution is -2.45. The zero-order valence-electron chi connectivity index (χ0n) is 11.7. The van der Waals surface area contributed by atoms with Crippen LogP contribution in [0.25, 0.3) is 0 Å². The van der Waals surface area contributed by atoms with E-state index in [1.165, 1.54) is 22.5 Å². The molecule has 2 aromatic rings. The predicted molar refractivity (Wildman–Crippen MR) is 83.1 cm³/mol. The molecule has 0 saturated heterocycles. The molecule has 1 N–H and O–H groups in total. The van der Waals surface area contributed by atoms with E-state index in [4.69, 9.17) is 4.74 Å². The van der Waals surface area contributed by atoms with E-state index in [0.717, 1.165) is 12.8 Å². The Morgan fingerprint density at radius 2 is 1.86 bits per heavy atom. The summed E-state index contributed by atoms with van der Waals surface area (Å²) in [6.07, 6.45) is 1.46. The second kappa shape index (κ2) is 5.53. The first kappa shape index (κ1) is 14.7. The third-order valence-electron chi connectivity index (χ3n) is 3.92. The average Bonchev–Trinajstić information content (AvgIpc) is 3.13. The Hall–Kier alpha value is -1.21. The van der Waals surface area contributed by atoms with Gasteiger partial charge in [-0.15, -0.1) is 11.3 Å². The highest BCUT2D eigenvalue weighted by Gasteiger charge is 2.38. The van der Waals surface area contributed by atoms with E-state index in [2.05, 4.69) is 16.9 Å². The van der Waals surface area contributed by atoms with Crippen LogP contribution in [0.4, 0.5) is 0 Å². The molecule has 1 aromatic heterocycles. The van der Waals surface area contributed by atoms with Gasteiger partial charge in [-0.3, -0.25) is 0 Å². The lowest BCUT2D eigenvalue weighted by atomic mass is 10.0. The lowest BCUT2D eigenvalue weighted by molar-refractivity contribution is 0.00379. The number of hydrogen-bond acceptors (Lipinski definition) is 4. The summed E-state index contributed by atoms with van der Waals surface area (Å²) in [5.41, 5.74) is 1.97. The van der Waals surface area contributed by atoms with E-state index in [1.54, 1.807) is 24.6 Å². The number of fused-ring (bicyclic) bond motifs is 1. The van der Waals surface area contributed by atoms with Gasteiger partial charge in [0.2, 0.25) is 10.0 Å². The number of rotatable bonds is 5. The minimum Gasteiger partial charge on any atom is -0.376 e. The Morgan fingerprint density at radius 3 is 2.38 bits per heavy atom. The molecule has 1 heterocycles. The normalized spacial score (nSPS) is 16.8. The Morgan fingerprint density at radius 1 is 1.19 bits per heavy atom. The van der Waals surface area contributed by atoms with E-state index < -0.39 is 15.6 Å². The molecule has 0 atom stereocenters. The second-order valence-electron chi connectivity index (χ2n) is 5.27. The first-order chi connectivity index (χ1) is 10.0. The molecule has 0 spiro atoms. The molecule has 0 amide bonds. The molecule has 0 saturated carbocycles. The number of thiophene rings is 1. The summed E-state index contributed by atoms with van der Waals surface area (Å²) in [7, 11) is -1.81. The number of sulfonamides is 1. The van der Waals surface area contributed by atoms with Crippen molar-refractivity contribution in [1.82, 2.24) is 4.72 Å². The number of benzene rings is 1. The Kier molecular flexibility index (Phi) is 3.88. The van der Waals surface area contributed by atoms with Gasteiger partial charge in [-0.1, -0.05) is 30.3 Å². The van der Waals surface area contributed by atoms with Gasteiger partial charge >= 0.3 is 0 Å². The van der Waals surface area contributed by atoms with Crippen LogP contribution in [0.15, 0.2) is 46.0 Å². The fourth-order valence-electron chi connectivity index (χ4n) is 2.71. The van der Waals surface area contributed by atoms with Gasteiger partial charge in [-0.2, -0.15) is 0 Å².